The zero-order chi connectivity index (χ0) is 37.0. The van der Waals surface area contributed by atoms with Crippen LogP contribution in [-0.4, -0.2) is 0 Å². The van der Waals surface area contributed by atoms with E-state index in [0.29, 0.717) is 0 Å². The van der Waals surface area contributed by atoms with Gasteiger partial charge in [0.2, 0.25) is 0 Å². The van der Waals surface area contributed by atoms with E-state index in [-0.39, 0.29) is 0 Å². The molecule has 0 saturated carbocycles. The highest BCUT2D eigenvalue weighted by molar-refractivity contribution is 6.22. The Hall–Kier alpha value is -7.28. The molecule has 0 nitrogen and oxygen atoms in total. The number of rotatable bonds is 5. The van der Waals surface area contributed by atoms with Crippen molar-refractivity contribution in [1.82, 2.24) is 0 Å². The summed E-state index contributed by atoms with van der Waals surface area (Å²) >= 11 is 0. The maximum absolute atomic E-state index is 2.38. The molecule has 11 aromatic carbocycles. The van der Waals surface area contributed by atoms with Crippen LogP contribution in [0.1, 0.15) is 0 Å². The van der Waals surface area contributed by atoms with Gasteiger partial charge in [-0.2, -0.15) is 0 Å². The summed E-state index contributed by atoms with van der Waals surface area (Å²) in [6.07, 6.45) is 0. The Labute approximate surface area is 326 Å². The summed E-state index contributed by atoms with van der Waals surface area (Å²) in [5.41, 5.74) is 12.5. The third-order valence-electron chi connectivity index (χ3n) is 11.6. The fourth-order valence-corrected chi connectivity index (χ4v) is 9.04. The summed E-state index contributed by atoms with van der Waals surface area (Å²) in [6.45, 7) is 0. The molecule has 11 aromatic rings. The molecule has 0 aliphatic rings. The van der Waals surface area contributed by atoms with Crippen LogP contribution in [0.25, 0.3) is 109 Å². The molecule has 0 spiro atoms. The van der Waals surface area contributed by atoms with E-state index in [1.807, 2.05) is 0 Å². The van der Waals surface area contributed by atoms with Crippen molar-refractivity contribution in [2.75, 3.05) is 0 Å². The van der Waals surface area contributed by atoms with Gasteiger partial charge in [0, 0.05) is 0 Å². The minimum absolute atomic E-state index is 1.22. The summed E-state index contributed by atoms with van der Waals surface area (Å²) < 4.78 is 0. The van der Waals surface area contributed by atoms with Crippen LogP contribution in [0.2, 0.25) is 0 Å². The van der Waals surface area contributed by atoms with Crippen LogP contribution < -0.4 is 0 Å². The maximum Gasteiger partial charge on any atom is -0.00206 e. The molecular formula is C56H36. The van der Waals surface area contributed by atoms with Crippen molar-refractivity contribution in [1.29, 1.82) is 0 Å². The van der Waals surface area contributed by atoms with E-state index in [2.05, 4.69) is 218 Å². The number of fused-ring (bicyclic) bond motifs is 5. The van der Waals surface area contributed by atoms with Crippen LogP contribution in [0.3, 0.4) is 0 Å². The highest BCUT2D eigenvalue weighted by Crippen LogP contribution is 2.46. The Bertz CT molecular complexity index is 3180. The van der Waals surface area contributed by atoms with Crippen molar-refractivity contribution < 1.29 is 0 Å². The Balaban J connectivity index is 1.07. The van der Waals surface area contributed by atoms with Gasteiger partial charge in [-0.05, 0) is 128 Å². The molecule has 0 radical (unpaired) electrons. The second kappa shape index (κ2) is 13.2. The minimum Gasteiger partial charge on any atom is -0.0622 e. The fourth-order valence-electron chi connectivity index (χ4n) is 9.04. The van der Waals surface area contributed by atoms with Gasteiger partial charge in [0.25, 0.3) is 0 Å². The van der Waals surface area contributed by atoms with Crippen LogP contribution in [0.4, 0.5) is 0 Å². The topological polar surface area (TPSA) is 0 Å². The number of benzene rings is 11. The lowest BCUT2D eigenvalue weighted by atomic mass is 9.85. The molecule has 56 heavy (non-hydrogen) atoms. The van der Waals surface area contributed by atoms with Gasteiger partial charge >= 0.3 is 0 Å². The highest BCUT2D eigenvalue weighted by Gasteiger charge is 2.18. The zero-order valence-electron chi connectivity index (χ0n) is 30.8. The maximum atomic E-state index is 2.38. The van der Waals surface area contributed by atoms with Gasteiger partial charge in [-0.3, -0.25) is 0 Å². The van der Waals surface area contributed by atoms with E-state index in [4.69, 9.17) is 0 Å². The van der Waals surface area contributed by atoms with Crippen LogP contribution >= 0.6 is 0 Å². The normalized spacial score (nSPS) is 11.6. The van der Waals surface area contributed by atoms with E-state index < -0.39 is 0 Å². The molecule has 260 valence electrons. The molecule has 0 fully saturated rings. The summed E-state index contributed by atoms with van der Waals surface area (Å²) in [5, 5.41) is 12.6. The Morgan fingerprint density at radius 1 is 0.196 bits per heavy atom. The first-order valence-corrected chi connectivity index (χ1v) is 19.4. The summed E-state index contributed by atoms with van der Waals surface area (Å²) in [5.74, 6) is 0. The lowest BCUT2D eigenvalue weighted by molar-refractivity contribution is 1.61. The van der Waals surface area contributed by atoms with E-state index in [1.54, 1.807) is 0 Å². The van der Waals surface area contributed by atoms with Crippen molar-refractivity contribution in [2.45, 2.75) is 0 Å². The van der Waals surface area contributed by atoms with Gasteiger partial charge in [-0.25, -0.2) is 0 Å². The van der Waals surface area contributed by atoms with Crippen molar-refractivity contribution in [2.24, 2.45) is 0 Å². The quantitative estimate of drug-likeness (QED) is 0.156. The summed E-state index contributed by atoms with van der Waals surface area (Å²) in [4.78, 5) is 0. The molecule has 0 N–H and O–H groups in total. The third-order valence-corrected chi connectivity index (χ3v) is 11.6. The summed E-state index contributed by atoms with van der Waals surface area (Å²) in [6, 6.07) is 80.3. The Morgan fingerprint density at radius 2 is 0.589 bits per heavy atom. The van der Waals surface area contributed by atoms with Crippen molar-refractivity contribution in [3.63, 3.8) is 0 Å². The molecule has 0 aliphatic heterocycles. The summed E-state index contributed by atoms with van der Waals surface area (Å²) in [7, 11) is 0. The average Bonchev–Trinajstić information content (AvgIpc) is 3.27. The fraction of sp³-hybridized carbons (Fsp3) is 0. The molecule has 0 heterocycles. The molecular weight excluding hydrogens is 673 g/mol. The largest absolute Gasteiger partial charge is 0.0622 e. The molecule has 0 bridgehead atoms. The smallest absolute Gasteiger partial charge is 0.00206 e. The molecule has 0 saturated heterocycles. The molecule has 0 amide bonds. The van der Waals surface area contributed by atoms with Crippen molar-refractivity contribution in [3.8, 4) is 55.6 Å². The van der Waals surface area contributed by atoms with Gasteiger partial charge in [0.05, 0.1) is 0 Å². The lowest BCUT2D eigenvalue weighted by Gasteiger charge is -2.18. The van der Waals surface area contributed by atoms with Gasteiger partial charge < -0.3 is 0 Å². The average molecular weight is 709 g/mol. The molecule has 0 heteroatoms. The van der Waals surface area contributed by atoms with Crippen molar-refractivity contribution >= 4 is 53.9 Å². The lowest BCUT2D eigenvalue weighted by Crippen LogP contribution is -1.91. The minimum atomic E-state index is 1.22. The van der Waals surface area contributed by atoms with E-state index >= 15 is 0 Å². The van der Waals surface area contributed by atoms with E-state index in [9.17, 15) is 0 Å². The standard InChI is InChI=1S/C56H36/c1-3-15-38(16-4-1)47-24-13-25-49-46(32-33-48(56(47)49)39-17-5-2-6-18-39)43-29-27-42-36-45(31-28-41(42)34-43)55-52-22-11-9-20-50(52)54(51-21-10-12-23-53(51)55)44-30-26-37-14-7-8-19-40(37)35-44/h1-36H. The zero-order valence-corrected chi connectivity index (χ0v) is 30.8. The van der Waals surface area contributed by atoms with E-state index in [1.165, 1.54) is 109 Å². The predicted octanol–water partition coefficient (Wildman–Crippen LogP) is 15.8. The monoisotopic (exact) mass is 708 g/mol. The van der Waals surface area contributed by atoms with Crippen LogP contribution in [0, 0.1) is 0 Å². The van der Waals surface area contributed by atoms with Crippen molar-refractivity contribution in [3.05, 3.63) is 218 Å². The van der Waals surface area contributed by atoms with Gasteiger partial charge in [-0.1, -0.05) is 200 Å². The van der Waals surface area contributed by atoms with Crippen LogP contribution in [-0.2, 0) is 0 Å². The number of hydrogen-bond donors (Lipinski definition) is 0. The molecule has 0 aliphatic carbocycles. The molecule has 11 rings (SSSR count). The van der Waals surface area contributed by atoms with Crippen LogP contribution in [0.15, 0.2) is 218 Å². The van der Waals surface area contributed by atoms with Gasteiger partial charge in [0.1, 0.15) is 0 Å². The van der Waals surface area contributed by atoms with E-state index in [0.717, 1.165) is 0 Å². The second-order valence-electron chi connectivity index (χ2n) is 14.8. The number of hydrogen-bond acceptors (Lipinski definition) is 0. The van der Waals surface area contributed by atoms with Gasteiger partial charge in [-0.15, -0.1) is 0 Å². The first-order chi connectivity index (χ1) is 27.8. The molecule has 0 unspecified atom stereocenters. The first-order valence-electron chi connectivity index (χ1n) is 19.4. The van der Waals surface area contributed by atoms with Gasteiger partial charge in [0.15, 0.2) is 0 Å². The molecule has 0 aromatic heterocycles. The Morgan fingerprint density at radius 3 is 1.16 bits per heavy atom. The second-order valence-corrected chi connectivity index (χ2v) is 14.8. The predicted molar refractivity (Wildman–Crippen MR) is 241 cm³/mol. The Kier molecular flexibility index (Phi) is 7.60. The molecule has 0 atom stereocenters. The SMILES string of the molecule is c1ccc(-c2cccc3c(-c4ccc5cc(-c6c7ccccc7c(-c7ccc8ccccc8c7)c7ccccc67)ccc5c4)ccc(-c4ccccc4)c23)cc1. The third kappa shape index (κ3) is 5.30. The highest BCUT2D eigenvalue weighted by atomic mass is 14.2. The van der Waals surface area contributed by atoms with Crippen LogP contribution in [0.5, 0.6) is 0 Å². The first kappa shape index (κ1) is 32.2.